The Hall–Kier alpha value is -3.40. The highest BCUT2D eigenvalue weighted by molar-refractivity contribution is 5.86. The Kier molecular flexibility index (Phi) is 4.23. The molecule has 4 heteroatoms. The number of aromatic nitrogens is 2. The van der Waals surface area contributed by atoms with Crippen LogP contribution in [0.1, 0.15) is 22.7 Å². The first-order valence-electron chi connectivity index (χ1n) is 8.53. The van der Waals surface area contributed by atoms with Crippen molar-refractivity contribution in [3.05, 3.63) is 95.8 Å². The van der Waals surface area contributed by atoms with Crippen LogP contribution in [0.5, 0.6) is 5.75 Å². The molecule has 0 amide bonds. The number of aromatic hydroxyl groups is 1. The van der Waals surface area contributed by atoms with Gasteiger partial charge in [-0.05, 0) is 42.8 Å². The molecule has 128 valence electrons. The van der Waals surface area contributed by atoms with Crippen LogP contribution in [0.4, 0.5) is 5.82 Å². The summed E-state index contributed by atoms with van der Waals surface area (Å²) < 4.78 is 0. The van der Waals surface area contributed by atoms with E-state index >= 15 is 0 Å². The van der Waals surface area contributed by atoms with Crippen LogP contribution in [-0.4, -0.2) is 15.1 Å². The molecule has 2 heterocycles. The predicted molar refractivity (Wildman–Crippen MR) is 104 cm³/mol. The molecule has 4 nitrogen and oxygen atoms in total. The number of hydrogen-bond acceptors (Lipinski definition) is 4. The highest BCUT2D eigenvalue weighted by atomic mass is 16.3. The number of phenolic OH excluding ortho intramolecular Hbond substituents is 1. The fraction of sp³-hybridized carbons (Fsp3) is 0.0909. The van der Waals surface area contributed by atoms with Crippen molar-refractivity contribution in [2.24, 2.45) is 0 Å². The average molecular weight is 341 g/mol. The quantitative estimate of drug-likeness (QED) is 0.557. The van der Waals surface area contributed by atoms with E-state index in [0.717, 1.165) is 27.8 Å². The zero-order valence-electron chi connectivity index (χ0n) is 14.4. The van der Waals surface area contributed by atoms with E-state index in [0.29, 0.717) is 0 Å². The number of nitrogens with one attached hydrogen (secondary N) is 1. The number of aryl methyl sites for hydroxylation is 1. The predicted octanol–water partition coefficient (Wildman–Crippen LogP) is 4.85. The van der Waals surface area contributed by atoms with Gasteiger partial charge in [-0.15, -0.1) is 0 Å². The highest BCUT2D eigenvalue weighted by Crippen LogP contribution is 2.37. The summed E-state index contributed by atoms with van der Waals surface area (Å²) in [6.45, 7) is 2.06. The lowest BCUT2D eigenvalue weighted by Gasteiger charge is -2.23. The number of fused-ring (bicyclic) bond motifs is 1. The summed E-state index contributed by atoms with van der Waals surface area (Å²) in [5, 5.41) is 15.1. The van der Waals surface area contributed by atoms with Gasteiger partial charge in [0, 0.05) is 23.3 Å². The third-order valence-electron chi connectivity index (χ3n) is 4.46. The summed E-state index contributed by atoms with van der Waals surface area (Å²) >= 11 is 0. The van der Waals surface area contributed by atoms with Gasteiger partial charge >= 0.3 is 0 Å². The Balaban J connectivity index is 1.91. The van der Waals surface area contributed by atoms with Crippen molar-refractivity contribution in [2.45, 2.75) is 13.0 Å². The van der Waals surface area contributed by atoms with E-state index in [1.807, 2.05) is 36.4 Å². The molecule has 2 aromatic carbocycles. The fourth-order valence-corrected chi connectivity index (χ4v) is 3.14. The Bertz CT molecular complexity index is 1030. The summed E-state index contributed by atoms with van der Waals surface area (Å²) in [4.78, 5) is 8.81. The van der Waals surface area contributed by atoms with Crippen LogP contribution in [0.15, 0.2) is 79.1 Å². The molecule has 2 aromatic heterocycles. The van der Waals surface area contributed by atoms with E-state index in [4.69, 9.17) is 0 Å². The second kappa shape index (κ2) is 6.84. The number of pyridine rings is 2. The summed E-state index contributed by atoms with van der Waals surface area (Å²) in [7, 11) is 0. The van der Waals surface area contributed by atoms with Crippen molar-refractivity contribution in [3.63, 3.8) is 0 Å². The molecule has 1 atom stereocenters. The molecule has 0 fully saturated rings. The SMILES string of the molecule is Cc1ccc(C(Nc2ccccn2)c2c(O)ccc3ncccc23)cc1. The highest BCUT2D eigenvalue weighted by Gasteiger charge is 2.21. The Labute approximate surface area is 152 Å². The second-order valence-electron chi connectivity index (χ2n) is 6.27. The summed E-state index contributed by atoms with van der Waals surface area (Å²) in [6, 6.07) is 21.2. The van der Waals surface area contributed by atoms with E-state index < -0.39 is 0 Å². The van der Waals surface area contributed by atoms with E-state index in [1.54, 1.807) is 18.5 Å². The van der Waals surface area contributed by atoms with Gasteiger partial charge in [-0.3, -0.25) is 4.98 Å². The van der Waals surface area contributed by atoms with Gasteiger partial charge in [0.25, 0.3) is 0 Å². The Morgan fingerprint density at radius 1 is 0.846 bits per heavy atom. The molecule has 0 bridgehead atoms. The fourth-order valence-electron chi connectivity index (χ4n) is 3.14. The zero-order chi connectivity index (χ0) is 17.9. The number of rotatable bonds is 4. The van der Waals surface area contributed by atoms with Gasteiger partial charge in [-0.2, -0.15) is 0 Å². The van der Waals surface area contributed by atoms with Crippen molar-refractivity contribution < 1.29 is 5.11 Å². The first-order chi connectivity index (χ1) is 12.7. The molecular weight excluding hydrogens is 322 g/mol. The summed E-state index contributed by atoms with van der Waals surface area (Å²) in [5.41, 5.74) is 3.88. The molecule has 1 unspecified atom stereocenters. The van der Waals surface area contributed by atoms with Gasteiger partial charge in [0.1, 0.15) is 11.6 Å². The van der Waals surface area contributed by atoms with Crippen molar-refractivity contribution in [3.8, 4) is 5.75 Å². The first-order valence-corrected chi connectivity index (χ1v) is 8.53. The molecular formula is C22H19N3O. The topological polar surface area (TPSA) is 58.0 Å². The van der Waals surface area contributed by atoms with Gasteiger partial charge in [-0.25, -0.2) is 4.98 Å². The number of anilines is 1. The van der Waals surface area contributed by atoms with Gasteiger partial charge in [0.05, 0.1) is 11.6 Å². The second-order valence-corrected chi connectivity index (χ2v) is 6.27. The van der Waals surface area contributed by atoms with Gasteiger partial charge in [0.2, 0.25) is 0 Å². The van der Waals surface area contributed by atoms with Crippen molar-refractivity contribution in [1.29, 1.82) is 0 Å². The van der Waals surface area contributed by atoms with E-state index in [2.05, 4.69) is 46.5 Å². The molecule has 0 aliphatic heterocycles. The molecule has 0 saturated carbocycles. The lowest BCUT2D eigenvalue weighted by Crippen LogP contribution is -2.14. The minimum atomic E-state index is -0.251. The van der Waals surface area contributed by atoms with Crippen molar-refractivity contribution in [2.75, 3.05) is 5.32 Å². The van der Waals surface area contributed by atoms with Gasteiger partial charge in [-0.1, -0.05) is 42.0 Å². The van der Waals surface area contributed by atoms with Gasteiger partial charge in [0.15, 0.2) is 0 Å². The number of hydrogen-bond donors (Lipinski definition) is 2. The van der Waals surface area contributed by atoms with E-state index in [-0.39, 0.29) is 11.8 Å². The number of phenols is 1. The van der Waals surface area contributed by atoms with Crippen LogP contribution in [-0.2, 0) is 0 Å². The lowest BCUT2D eigenvalue weighted by atomic mass is 9.93. The normalized spacial score (nSPS) is 12.0. The minimum absolute atomic E-state index is 0.236. The van der Waals surface area contributed by atoms with Crippen LogP contribution in [0, 0.1) is 6.92 Å². The number of nitrogens with zero attached hydrogens (tertiary/aromatic N) is 2. The van der Waals surface area contributed by atoms with E-state index in [1.165, 1.54) is 5.56 Å². The molecule has 0 saturated heterocycles. The summed E-state index contributed by atoms with van der Waals surface area (Å²) in [6.07, 6.45) is 3.51. The smallest absolute Gasteiger partial charge is 0.126 e. The first kappa shape index (κ1) is 16.1. The van der Waals surface area contributed by atoms with Crippen LogP contribution >= 0.6 is 0 Å². The Morgan fingerprint density at radius 2 is 1.65 bits per heavy atom. The Morgan fingerprint density at radius 3 is 2.42 bits per heavy atom. The third kappa shape index (κ3) is 3.09. The van der Waals surface area contributed by atoms with Crippen LogP contribution in [0.3, 0.4) is 0 Å². The van der Waals surface area contributed by atoms with Gasteiger partial charge < -0.3 is 10.4 Å². The standard InChI is InChI=1S/C22H19N3O/c1-15-7-9-16(10-8-15)22(25-20-6-2-3-13-24-20)21-17-5-4-14-23-18(17)11-12-19(21)26/h2-14,22,26H,1H3,(H,24,25). The summed E-state index contributed by atoms with van der Waals surface area (Å²) in [5.74, 6) is 0.984. The maximum absolute atomic E-state index is 10.7. The molecule has 4 aromatic rings. The number of benzene rings is 2. The molecule has 0 aliphatic rings. The largest absolute Gasteiger partial charge is 0.508 e. The van der Waals surface area contributed by atoms with Crippen molar-refractivity contribution in [1.82, 2.24) is 9.97 Å². The van der Waals surface area contributed by atoms with Crippen LogP contribution in [0.2, 0.25) is 0 Å². The lowest BCUT2D eigenvalue weighted by molar-refractivity contribution is 0.468. The molecule has 2 N–H and O–H groups in total. The molecule has 0 radical (unpaired) electrons. The molecule has 0 spiro atoms. The van der Waals surface area contributed by atoms with E-state index in [9.17, 15) is 5.11 Å². The maximum atomic E-state index is 10.7. The third-order valence-corrected chi connectivity index (χ3v) is 4.46. The van der Waals surface area contributed by atoms with Crippen LogP contribution < -0.4 is 5.32 Å². The molecule has 4 rings (SSSR count). The molecule has 26 heavy (non-hydrogen) atoms. The molecule has 0 aliphatic carbocycles. The van der Waals surface area contributed by atoms with Crippen LogP contribution in [0.25, 0.3) is 10.9 Å². The monoisotopic (exact) mass is 341 g/mol. The zero-order valence-corrected chi connectivity index (χ0v) is 14.4. The van der Waals surface area contributed by atoms with Crippen molar-refractivity contribution >= 4 is 16.7 Å². The minimum Gasteiger partial charge on any atom is -0.508 e. The maximum Gasteiger partial charge on any atom is 0.126 e. The average Bonchev–Trinajstić information content (AvgIpc) is 2.68.